The number of nitrogens with one attached hydrogen (secondary N) is 1. The number of aromatic nitrogens is 5. The van der Waals surface area contributed by atoms with Gasteiger partial charge in [0, 0.05) is 34.5 Å². The summed E-state index contributed by atoms with van der Waals surface area (Å²) in [6.45, 7) is 7.25. The third-order valence-corrected chi connectivity index (χ3v) is 14.9. The van der Waals surface area contributed by atoms with Crippen LogP contribution in [0.4, 0.5) is 0 Å². The smallest absolute Gasteiger partial charge is 0.497 e. The zero-order chi connectivity index (χ0) is 53.3. The van der Waals surface area contributed by atoms with Crippen molar-refractivity contribution in [1.29, 1.82) is 5.26 Å². The lowest BCUT2D eigenvalue weighted by atomic mass is 9.80. The maximum atomic E-state index is 14.8. The Labute approximate surface area is 438 Å². The first-order chi connectivity index (χ1) is 36.8. The number of ketones is 1. The first-order valence-electron chi connectivity index (χ1n) is 24.9. The average molecular weight is 1040 g/mol. The van der Waals surface area contributed by atoms with Crippen molar-refractivity contribution in [3.05, 3.63) is 201 Å². The third-order valence-electron chi connectivity index (χ3n) is 14.1. The molecular formula is C58H55N7O10P+. The van der Waals surface area contributed by atoms with Crippen molar-refractivity contribution in [3.63, 3.8) is 0 Å². The van der Waals surface area contributed by atoms with Crippen molar-refractivity contribution in [2.45, 2.75) is 75.9 Å². The number of carbonyl (C=O) groups is 1. The molecule has 1 fully saturated rings. The lowest BCUT2D eigenvalue weighted by Gasteiger charge is -2.37. The number of benzene rings is 7. The molecule has 76 heavy (non-hydrogen) atoms. The van der Waals surface area contributed by atoms with Crippen LogP contribution in [-0.2, 0) is 28.7 Å². The second kappa shape index (κ2) is 21.7. The van der Waals surface area contributed by atoms with Gasteiger partial charge in [-0.2, -0.15) is 5.26 Å². The predicted molar refractivity (Wildman–Crippen MR) is 286 cm³/mol. The topological polar surface area (TPSA) is 202 Å². The number of rotatable bonds is 20. The van der Waals surface area contributed by atoms with Crippen LogP contribution in [0.25, 0.3) is 32.3 Å². The largest absolute Gasteiger partial charge is 0.697 e. The molecule has 1 aliphatic rings. The highest BCUT2D eigenvalue weighted by molar-refractivity contribution is 7.33. The summed E-state index contributed by atoms with van der Waals surface area (Å²) in [5, 5.41) is 25.0. The Bertz CT molecular complexity index is 3640. The van der Waals surface area contributed by atoms with Crippen LogP contribution in [0.2, 0.25) is 0 Å². The molecule has 0 radical (unpaired) electrons. The van der Waals surface area contributed by atoms with Gasteiger partial charge in [-0.25, -0.2) is 9.48 Å². The minimum atomic E-state index is -3.07. The maximum absolute atomic E-state index is 14.8. The Kier molecular flexibility index (Phi) is 14.7. The fraction of sp³-hybridized carbons (Fsp3) is 0.276. The second-order valence-electron chi connectivity index (χ2n) is 19.1. The zero-order valence-electron chi connectivity index (χ0n) is 42.6. The van der Waals surface area contributed by atoms with Gasteiger partial charge >= 0.3 is 13.9 Å². The molecule has 386 valence electrons. The number of aromatic amines is 1. The van der Waals surface area contributed by atoms with Gasteiger partial charge in [-0.1, -0.05) is 108 Å². The Balaban J connectivity index is 1.09. The van der Waals surface area contributed by atoms with Gasteiger partial charge in [-0.15, -0.1) is 14.1 Å². The molecule has 17 nitrogen and oxygen atoms in total. The normalized spacial score (nSPS) is 17.5. The molecule has 0 saturated carbocycles. The molecule has 7 aromatic carbocycles. The summed E-state index contributed by atoms with van der Waals surface area (Å²) >= 11 is 0. The highest BCUT2D eigenvalue weighted by Crippen LogP contribution is 2.47. The van der Waals surface area contributed by atoms with Crippen LogP contribution in [0.5, 0.6) is 11.5 Å². The van der Waals surface area contributed by atoms with Crippen molar-refractivity contribution < 1.29 is 37.4 Å². The number of hydrogen-bond donors (Lipinski definition) is 1. The maximum Gasteiger partial charge on any atom is 0.697 e. The number of carbonyl (C=O) groups excluding carboxylic acids is 1. The van der Waals surface area contributed by atoms with E-state index >= 15 is 0 Å². The van der Waals surface area contributed by atoms with E-state index in [1.165, 1.54) is 23.1 Å². The highest BCUT2D eigenvalue weighted by Gasteiger charge is 2.54. The molecule has 10 rings (SSSR count). The summed E-state index contributed by atoms with van der Waals surface area (Å²) in [4.78, 5) is 45.5. The molecule has 0 aliphatic carbocycles. The number of hydrogen-bond acceptors (Lipinski definition) is 14. The minimum Gasteiger partial charge on any atom is -0.497 e. The number of H-pyrrole nitrogens is 1. The number of ether oxygens (including phenoxy) is 4. The van der Waals surface area contributed by atoms with Crippen molar-refractivity contribution in [2.75, 3.05) is 27.4 Å². The quantitative estimate of drug-likeness (QED) is 0.0327. The van der Waals surface area contributed by atoms with Gasteiger partial charge in [0.15, 0.2) is 18.0 Å². The van der Waals surface area contributed by atoms with Crippen LogP contribution >= 0.6 is 8.25 Å². The standard InChI is InChI=1S/C58H54N7O10P/c1-35(2)65(36(3)4)43(31-59)33-73-76(69)75-55-49(34-72-58(40-13-8-7-9-14-40,41-19-23-44(70-5)24-20-41)42-21-25-45(71-6)26-22-42)74-56(63-30-29-50(66)60-57(63)68)53(55)64-32-48(61-62-64)54(67)47-28-18-39-16-15-37-11-10-12-38-17-27-46(47)52(39)51(37)38/h7-30,32,35-36,43,49,53,55-56H,33-34H2,1-6H3/p+1/t43?,49-,53?,55?,56-/m0/s1. The molecule has 9 aromatic rings. The van der Waals surface area contributed by atoms with E-state index in [0.717, 1.165) is 42.4 Å². The SMILES string of the molecule is COc1ccc(C(OC[C@@H]2O[C@H](n3ccc(=O)[nH]c3=O)C(n3cc(C(=O)c4ccc5ccc6cccc7ccc4c5c67)nn3)C2O[P+](=O)OCC(C#N)N(C(C)C)C(C)C)(c2ccccc2)c2ccc(OC)cc2)cc1. The predicted octanol–water partition coefficient (Wildman–Crippen LogP) is 9.49. The number of methoxy groups -OCH3 is 2. The fourth-order valence-corrected chi connectivity index (χ4v) is 11.6. The van der Waals surface area contributed by atoms with Crippen molar-refractivity contribution in [3.8, 4) is 17.6 Å². The molecule has 0 spiro atoms. The summed E-state index contributed by atoms with van der Waals surface area (Å²) in [6.07, 6.45) is -1.20. The molecule has 1 saturated heterocycles. The third kappa shape index (κ3) is 9.67. The summed E-state index contributed by atoms with van der Waals surface area (Å²) in [5.41, 5.74) is -0.374. The van der Waals surface area contributed by atoms with E-state index in [9.17, 15) is 24.2 Å². The van der Waals surface area contributed by atoms with Crippen molar-refractivity contribution in [2.24, 2.45) is 0 Å². The molecule has 2 aromatic heterocycles. The molecule has 0 amide bonds. The molecule has 3 heterocycles. The van der Waals surface area contributed by atoms with E-state index in [0.29, 0.717) is 28.2 Å². The monoisotopic (exact) mass is 1040 g/mol. The average Bonchev–Trinajstić information content (AvgIpc) is 4.07. The lowest BCUT2D eigenvalue weighted by molar-refractivity contribution is -0.0927. The van der Waals surface area contributed by atoms with E-state index in [1.54, 1.807) is 20.3 Å². The first-order valence-corrected chi connectivity index (χ1v) is 26.0. The van der Waals surface area contributed by atoms with Crippen LogP contribution in [0, 0.1) is 11.3 Å². The van der Waals surface area contributed by atoms with E-state index < -0.39 is 61.4 Å². The molecule has 1 aliphatic heterocycles. The Morgan fingerprint density at radius 1 is 0.789 bits per heavy atom. The van der Waals surface area contributed by atoms with E-state index in [4.69, 9.17) is 28.0 Å². The first kappa shape index (κ1) is 51.5. The Hall–Kier alpha value is -7.94. The minimum absolute atomic E-state index is 0.0388. The van der Waals surface area contributed by atoms with Gasteiger partial charge in [0.05, 0.1) is 33.1 Å². The molecular weight excluding hydrogens is 986 g/mol. The lowest BCUT2D eigenvalue weighted by Crippen LogP contribution is -2.46. The van der Waals surface area contributed by atoms with Crippen LogP contribution in [0.3, 0.4) is 0 Å². The van der Waals surface area contributed by atoms with Gasteiger partial charge in [-0.3, -0.25) is 24.0 Å². The van der Waals surface area contributed by atoms with Crippen molar-refractivity contribution in [1.82, 2.24) is 29.4 Å². The van der Waals surface area contributed by atoms with Crippen LogP contribution in [-0.4, -0.2) is 93.0 Å². The van der Waals surface area contributed by atoms with Gasteiger partial charge < -0.3 is 18.9 Å². The van der Waals surface area contributed by atoms with E-state index in [1.807, 2.05) is 154 Å². The van der Waals surface area contributed by atoms with Crippen LogP contribution in [0.1, 0.15) is 72.7 Å². The number of nitrogens with zero attached hydrogens (tertiary/aromatic N) is 6. The van der Waals surface area contributed by atoms with Crippen LogP contribution in [0.15, 0.2) is 162 Å². The highest BCUT2D eigenvalue weighted by atomic mass is 31.1. The van der Waals surface area contributed by atoms with E-state index in [-0.39, 0.29) is 31.0 Å². The van der Waals surface area contributed by atoms with Crippen molar-refractivity contribution >= 4 is 46.4 Å². The molecule has 0 bridgehead atoms. The molecule has 6 atom stereocenters. The molecule has 18 heteroatoms. The molecule has 4 unspecified atom stereocenters. The van der Waals surface area contributed by atoms with Gasteiger partial charge in [0.2, 0.25) is 5.78 Å². The second-order valence-corrected chi connectivity index (χ2v) is 20.1. The Morgan fingerprint density at radius 3 is 2.00 bits per heavy atom. The summed E-state index contributed by atoms with van der Waals surface area (Å²) in [6, 6.07) is 43.6. The summed E-state index contributed by atoms with van der Waals surface area (Å²) < 4.78 is 54.7. The van der Waals surface area contributed by atoms with Gasteiger partial charge in [0.25, 0.3) is 5.56 Å². The summed E-state index contributed by atoms with van der Waals surface area (Å²) in [5.74, 6) is 0.797. The Morgan fingerprint density at radius 2 is 1.39 bits per heavy atom. The van der Waals surface area contributed by atoms with Gasteiger partial charge in [0.1, 0.15) is 41.9 Å². The van der Waals surface area contributed by atoms with Crippen LogP contribution < -0.4 is 20.7 Å². The fourth-order valence-electron chi connectivity index (χ4n) is 10.8. The summed E-state index contributed by atoms with van der Waals surface area (Å²) in [7, 11) is 0.0965. The number of nitriles is 1. The zero-order valence-corrected chi connectivity index (χ0v) is 43.5. The molecule has 1 N–H and O–H groups in total. The van der Waals surface area contributed by atoms with Gasteiger partial charge in [-0.05, 0) is 107 Å². The van der Waals surface area contributed by atoms with E-state index in [2.05, 4.69) is 27.4 Å².